The smallest absolute Gasteiger partial charge is 0.330 e. The fourth-order valence-corrected chi connectivity index (χ4v) is 6.43. The first-order valence-corrected chi connectivity index (χ1v) is 11.6. The second kappa shape index (κ2) is 9.93. The zero-order chi connectivity index (χ0) is 21.8. The van der Waals surface area contributed by atoms with Gasteiger partial charge < -0.3 is 20.3 Å². The highest BCUT2D eigenvalue weighted by Gasteiger charge is 2.59. The number of rotatable bonds is 4. The van der Waals surface area contributed by atoms with E-state index in [-0.39, 0.29) is 34.9 Å². The van der Waals surface area contributed by atoms with E-state index in [1.54, 1.807) is 6.08 Å². The topological polar surface area (TPSA) is 78.8 Å². The van der Waals surface area contributed by atoms with Gasteiger partial charge in [-0.05, 0) is 74.2 Å². The summed E-state index contributed by atoms with van der Waals surface area (Å²) in [6.45, 7) is 11.8. The van der Waals surface area contributed by atoms with E-state index in [0.717, 1.165) is 44.1 Å². The van der Waals surface area contributed by atoms with Crippen molar-refractivity contribution in [2.45, 2.75) is 85.4 Å². The van der Waals surface area contributed by atoms with Crippen LogP contribution in [0.15, 0.2) is 11.6 Å². The Morgan fingerprint density at radius 2 is 1.93 bits per heavy atom. The first-order valence-electron chi connectivity index (χ1n) is 11.6. The summed E-state index contributed by atoms with van der Waals surface area (Å²) in [5.41, 5.74) is 1.11. The average molecular weight is 410 g/mol. The third-order valence-electron chi connectivity index (χ3n) is 8.04. The van der Waals surface area contributed by atoms with Crippen LogP contribution in [-0.4, -0.2) is 48.6 Å². The van der Waals surface area contributed by atoms with Gasteiger partial charge in [0.2, 0.25) is 0 Å². The zero-order valence-electron chi connectivity index (χ0n) is 19.3. The van der Waals surface area contributed by atoms with Gasteiger partial charge in [-0.3, -0.25) is 0 Å². The van der Waals surface area contributed by atoms with Gasteiger partial charge in [0.05, 0.1) is 12.2 Å². The third kappa shape index (κ3) is 4.88. The molecule has 0 aromatic heterocycles. The normalized spacial score (nSPS) is 39.6. The SMILES string of the molecule is CC.CNCCOC(=O)/C=C1\CCC2[C@H](C1)C(O)CC1C(C)(C)C(O)CCC21C. The monoisotopic (exact) mass is 409 g/mol. The molecule has 3 rings (SSSR count). The molecule has 29 heavy (non-hydrogen) atoms. The van der Waals surface area contributed by atoms with E-state index in [9.17, 15) is 15.0 Å². The number of nitrogens with one attached hydrogen (secondary N) is 1. The van der Waals surface area contributed by atoms with Crippen molar-refractivity contribution >= 4 is 5.97 Å². The van der Waals surface area contributed by atoms with E-state index < -0.39 is 0 Å². The fraction of sp³-hybridized carbons (Fsp3) is 0.875. The van der Waals surface area contributed by atoms with E-state index >= 15 is 0 Å². The van der Waals surface area contributed by atoms with Gasteiger partial charge in [0.15, 0.2) is 0 Å². The van der Waals surface area contributed by atoms with Gasteiger partial charge in [-0.2, -0.15) is 0 Å². The Labute approximate surface area is 177 Å². The molecule has 6 atom stereocenters. The highest BCUT2D eigenvalue weighted by Crippen LogP contribution is 2.64. The highest BCUT2D eigenvalue weighted by atomic mass is 16.5. The quantitative estimate of drug-likeness (QED) is 0.375. The molecule has 3 aliphatic rings. The van der Waals surface area contributed by atoms with Gasteiger partial charge in [-0.15, -0.1) is 0 Å². The molecule has 0 aliphatic heterocycles. The van der Waals surface area contributed by atoms with E-state index in [0.29, 0.717) is 25.0 Å². The number of esters is 1. The van der Waals surface area contributed by atoms with Crippen LogP contribution in [0.4, 0.5) is 0 Å². The molecule has 168 valence electrons. The number of hydrogen-bond donors (Lipinski definition) is 3. The van der Waals surface area contributed by atoms with Crippen LogP contribution in [0.3, 0.4) is 0 Å². The second-order valence-electron chi connectivity index (χ2n) is 9.82. The summed E-state index contributed by atoms with van der Waals surface area (Å²) in [5.74, 6) is 0.731. The summed E-state index contributed by atoms with van der Waals surface area (Å²) >= 11 is 0. The Hall–Kier alpha value is -0.910. The van der Waals surface area contributed by atoms with Crippen LogP contribution >= 0.6 is 0 Å². The van der Waals surface area contributed by atoms with E-state index in [4.69, 9.17) is 4.74 Å². The minimum absolute atomic E-state index is 0.158. The average Bonchev–Trinajstić information content (AvgIpc) is 2.69. The van der Waals surface area contributed by atoms with E-state index in [1.165, 1.54) is 0 Å². The predicted molar refractivity (Wildman–Crippen MR) is 116 cm³/mol. The molecule has 0 spiro atoms. The molecule has 3 aliphatic carbocycles. The zero-order valence-corrected chi connectivity index (χ0v) is 19.3. The lowest BCUT2D eigenvalue weighted by atomic mass is 9.43. The molecule has 0 saturated heterocycles. The highest BCUT2D eigenvalue weighted by molar-refractivity contribution is 5.82. The molecule has 0 heterocycles. The lowest BCUT2D eigenvalue weighted by molar-refractivity contribution is -0.183. The van der Waals surface area contributed by atoms with Crippen molar-refractivity contribution in [1.29, 1.82) is 0 Å². The number of carbonyl (C=O) groups is 1. The van der Waals surface area contributed by atoms with Gasteiger partial charge in [0.1, 0.15) is 6.61 Å². The van der Waals surface area contributed by atoms with E-state index in [2.05, 4.69) is 26.1 Å². The third-order valence-corrected chi connectivity index (χ3v) is 8.04. The number of aliphatic hydroxyl groups is 2. The summed E-state index contributed by atoms with van der Waals surface area (Å²) in [7, 11) is 1.83. The first-order chi connectivity index (χ1) is 13.7. The molecule has 0 aromatic carbocycles. The predicted octanol–water partition coefficient (Wildman–Crippen LogP) is 3.69. The minimum atomic E-state index is -0.360. The Morgan fingerprint density at radius 3 is 2.59 bits per heavy atom. The summed E-state index contributed by atoms with van der Waals surface area (Å²) < 4.78 is 5.22. The maximum atomic E-state index is 12.0. The van der Waals surface area contributed by atoms with Crippen LogP contribution in [0.5, 0.6) is 0 Å². The summed E-state index contributed by atoms with van der Waals surface area (Å²) in [6, 6.07) is 0. The largest absolute Gasteiger partial charge is 0.461 e. The summed E-state index contributed by atoms with van der Waals surface area (Å²) in [4.78, 5) is 12.0. The molecular formula is C24H43NO4. The second-order valence-corrected chi connectivity index (χ2v) is 9.82. The summed E-state index contributed by atoms with van der Waals surface area (Å²) in [6.07, 6.45) is 6.34. The molecule has 0 bridgehead atoms. The number of likely N-dealkylation sites (N-methyl/N-ethyl adjacent to an activating group) is 1. The van der Waals surface area contributed by atoms with Gasteiger partial charge in [0.25, 0.3) is 0 Å². The Kier molecular flexibility index (Phi) is 8.34. The van der Waals surface area contributed by atoms with Crippen molar-refractivity contribution in [3.05, 3.63) is 11.6 Å². The van der Waals surface area contributed by atoms with Crippen molar-refractivity contribution in [2.75, 3.05) is 20.2 Å². The van der Waals surface area contributed by atoms with Crippen molar-refractivity contribution in [3.63, 3.8) is 0 Å². The molecule has 3 N–H and O–H groups in total. The number of hydrogen-bond acceptors (Lipinski definition) is 5. The van der Waals surface area contributed by atoms with Gasteiger partial charge in [-0.1, -0.05) is 40.2 Å². The number of allylic oxidation sites excluding steroid dienone is 1. The molecule has 5 heteroatoms. The molecule has 5 nitrogen and oxygen atoms in total. The minimum Gasteiger partial charge on any atom is -0.461 e. The molecule has 0 amide bonds. The van der Waals surface area contributed by atoms with Crippen LogP contribution in [0.1, 0.15) is 73.1 Å². The van der Waals surface area contributed by atoms with Gasteiger partial charge in [0, 0.05) is 12.6 Å². The molecule has 3 fully saturated rings. The van der Waals surface area contributed by atoms with Crippen LogP contribution in [0.2, 0.25) is 0 Å². The summed E-state index contributed by atoms with van der Waals surface area (Å²) in [5, 5.41) is 24.5. The lowest BCUT2D eigenvalue weighted by Crippen LogP contribution is -2.60. The standard InChI is InChI=1S/C22H37NO4.C2H6/c1-21(2)18-13-17(24)15-11-14(12-20(26)27-10-9-23-4)5-6-16(15)22(18,3)8-7-19(21)25;1-2/h12,15-19,23-25H,5-11,13H2,1-4H3;1-2H3/b14-12+;/t15-,16?,17?,18?,19?,22?;/m0./s1. The van der Waals surface area contributed by atoms with Crippen molar-refractivity contribution in [3.8, 4) is 0 Å². The van der Waals surface area contributed by atoms with E-state index in [1.807, 2.05) is 20.9 Å². The Morgan fingerprint density at radius 1 is 1.24 bits per heavy atom. The van der Waals surface area contributed by atoms with Crippen LogP contribution in [0.25, 0.3) is 0 Å². The molecule has 5 unspecified atom stereocenters. The maximum absolute atomic E-state index is 12.0. The number of fused-ring (bicyclic) bond motifs is 3. The van der Waals surface area contributed by atoms with Gasteiger partial charge >= 0.3 is 5.97 Å². The van der Waals surface area contributed by atoms with Crippen molar-refractivity contribution in [2.24, 2.45) is 28.6 Å². The van der Waals surface area contributed by atoms with Crippen LogP contribution in [0, 0.1) is 28.6 Å². The number of carbonyl (C=O) groups excluding carboxylic acids is 1. The first kappa shape index (κ1) is 24.4. The lowest BCUT2D eigenvalue weighted by Gasteiger charge is -2.63. The number of ether oxygens (including phenoxy) is 1. The Bertz CT molecular complexity index is 587. The fourth-order valence-electron chi connectivity index (χ4n) is 6.43. The molecule has 0 aromatic rings. The maximum Gasteiger partial charge on any atom is 0.330 e. The van der Waals surface area contributed by atoms with Crippen molar-refractivity contribution < 1.29 is 19.7 Å². The number of aliphatic hydroxyl groups excluding tert-OH is 2. The molecular weight excluding hydrogens is 366 g/mol. The van der Waals surface area contributed by atoms with Crippen LogP contribution < -0.4 is 5.32 Å². The molecule has 3 saturated carbocycles. The van der Waals surface area contributed by atoms with Crippen LogP contribution in [-0.2, 0) is 9.53 Å². The van der Waals surface area contributed by atoms with Crippen molar-refractivity contribution in [1.82, 2.24) is 5.32 Å². The molecule has 0 radical (unpaired) electrons. The Balaban J connectivity index is 0.00000145. The van der Waals surface area contributed by atoms with Gasteiger partial charge in [-0.25, -0.2) is 4.79 Å².